The maximum Gasteiger partial charge on any atom is 0.298 e. The molecule has 0 aliphatic heterocycles. The van der Waals surface area contributed by atoms with Crippen LogP contribution in [0.4, 0.5) is 0 Å². The minimum Gasteiger partial charge on any atom is -0.455 e. The van der Waals surface area contributed by atoms with Gasteiger partial charge in [-0.05, 0) is 12.1 Å². The molecule has 0 saturated heterocycles. The Morgan fingerprint density at radius 1 is 0.944 bits per heavy atom. The molecule has 3 aromatic rings. The summed E-state index contributed by atoms with van der Waals surface area (Å²) < 4.78 is 37.0. The zero-order chi connectivity index (χ0) is 12.0. The molecule has 2 aromatic carbocycles. The van der Waals surface area contributed by atoms with Gasteiger partial charge in [0.1, 0.15) is 10.5 Å². The van der Waals surface area contributed by atoms with Crippen molar-refractivity contribution in [3.05, 3.63) is 42.5 Å². The summed E-state index contributed by atoms with van der Waals surface area (Å²) in [6.07, 6.45) is 0. The van der Waals surface area contributed by atoms with Gasteiger partial charge in [-0.3, -0.25) is 4.55 Å². The maximum atomic E-state index is 11.2. The zero-order valence-electron chi connectivity index (χ0n) is 9.62. The van der Waals surface area contributed by atoms with Crippen molar-refractivity contribution >= 4 is 61.6 Å². The molecular weight excluding hydrogens is 263 g/mol. The third-order valence-electron chi connectivity index (χ3n) is 2.65. The SMILES string of the molecule is O=S(=O)(O)c1cccc2c1oc1ccccc12.[Na]. The molecule has 18 heavy (non-hydrogen) atoms. The average molecular weight is 271 g/mol. The van der Waals surface area contributed by atoms with E-state index in [1.54, 1.807) is 24.3 Å². The predicted molar refractivity (Wildman–Crippen MR) is 69.3 cm³/mol. The van der Waals surface area contributed by atoms with E-state index in [-0.39, 0.29) is 40.0 Å². The first-order valence-corrected chi connectivity index (χ1v) is 6.39. The van der Waals surface area contributed by atoms with Gasteiger partial charge in [-0.1, -0.05) is 30.3 Å². The second kappa shape index (κ2) is 4.68. The van der Waals surface area contributed by atoms with Crippen molar-refractivity contribution < 1.29 is 17.4 Å². The molecule has 0 aliphatic rings. The molecule has 0 aliphatic carbocycles. The summed E-state index contributed by atoms with van der Waals surface area (Å²) >= 11 is 0. The topological polar surface area (TPSA) is 67.5 Å². The average Bonchev–Trinajstić information content (AvgIpc) is 2.65. The van der Waals surface area contributed by atoms with Crippen LogP contribution in [0.1, 0.15) is 0 Å². The molecule has 0 bridgehead atoms. The fourth-order valence-corrected chi connectivity index (χ4v) is 2.56. The van der Waals surface area contributed by atoms with Gasteiger partial charge >= 0.3 is 0 Å². The molecule has 0 atom stereocenters. The molecule has 3 rings (SSSR count). The fourth-order valence-electron chi connectivity index (χ4n) is 1.92. The van der Waals surface area contributed by atoms with Crippen LogP contribution in [0, 0.1) is 0 Å². The monoisotopic (exact) mass is 271 g/mol. The quantitative estimate of drug-likeness (QED) is 0.545. The van der Waals surface area contributed by atoms with E-state index < -0.39 is 10.1 Å². The molecule has 1 radical (unpaired) electrons. The normalized spacial score (nSPS) is 11.6. The van der Waals surface area contributed by atoms with E-state index in [1.165, 1.54) is 6.07 Å². The number of hydrogen-bond acceptors (Lipinski definition) is 3. The summed E-state index contributed by atoms with van der Waals surface area (Å²) in [5, 5.41) is 1.50. The van der Waals surface area contributed by atoms with Crippen LogP contribution in [0.15, 0.2) is 51.8 Å². The standard InChI is InChI=1S/C12H8O4S.Na/c13-17(14,15)11-7-3-5-9-8-4-1-2-6-10(8)16-12(9)11;/h1-7H,(H,13,14,15);. The molecule has 4 nitrogen and oxygen atoms in total. The third-order valence-corrected chi connectivity index (χ3v) is 3.52. The van der Waals surface area contributed by atoms with Gasteiger partial charge in [0.2, 0.25) is 0 Å². The first-order chi connectivity index (χ1) is 8.07. The van der Waals surface area contributed by atoms with Gasteiger partial charge in [-0.2, -0.15) is 8.42 Å². The van der Waals surface area contributed by atoms with Crippen LogP contribution in [0.2, 0.25) is 0 Å². The van der Waals surface area contributed by atoms with Crippen molar-refractivity contribution in [1.29, 1.82) is 0 Å². The Morgan fingerprint density at radius 3 is 2.33 bits per heavy atom. The predicted octanol–water partition coefficient (Wildman–Crippen LogP) is 2.45. The van der Waals surface area contributed by atoms with Gasteiger partial charge < -0.3 is 4.42 Å². The smallest absolute Gasteiger partial charge is 0.298 e. The second-order valence-corrected chi connectivity index (χ2v) is 5.10. The number of rotatable bonds is 1. The van der Waals surface area contributed by atoms with E-state index >= 15 is 0 Å². The molecule has 87 valence electrons. The Bertz CT molecular complexity index is 820. The van der Waals surface area contributed by atoms with Gasteiger partial charge in [-0.25, -0.2) is 0 Å². The molecule has 0 amide bonds. The molecule has 0 saturated carbocycles. The van der Waals surface area contributed by atoms with Crippen molar-refractivity contribution in [2.24, 2.45) is 0 Å². The van der Waals surface area contributed by atoms with Crippen LogP contribution in [0.25, 0.3) is 21.9 Å². The van der Waals surface area contributed by atoms with E-state index in [1.807, 2.05) is 12.1 Å². The first kappa shape index (κ1) is 13.6. The van der Waals surface area contributed by atoms with Gasteiger partial charge in [-0.15, -0.1) is 0 Å². The molecule has 6 heteroatoms. The molecule has 0 spiro atoms. The van der Waals surface area contributed by atoms with Gasteiger partial charge in [0, 0.05) is 40.3 Å². The van der Waals surface area contributed by atoms with Gasteiger partial charge in [0.05, 0.1) is 0 Å². The van der Waals surface area contributed by atoms with Crippen molar-refractivity contribution in [1.82, 2.24) is 0 Å². The Morgan fingerprint density at radius 2 is 1.61 bits per heavy atom. The summed E-state index contributed by atoms with van der Waals surface area (Å²) in [5.41, 5.74) is 0.787. The van der Waals surface area contributed by atoms with Crippen LogP contribution in [0.3, 0.4) is 0 Å². The van der Waals surface area contributed by atoms with Crippen molar-refractivity contribution in [3.63, 3.8) is 0 Å². The summed E-state index contributed by atoms with van der Waals surface area (Å²) in [7, 11) is -4.27. The largest absolute Gasteiger partial charge is 0.455 e. The minimum absolute atomic E-state index is 0. The number of benzene rings is 2. The summed E-state index contributed by atoms with van der Waals surface area (Å²) in [4.78, 5) is -0.203. The summed E-state index contributed by atoms with van der Waals surface area (Å²) in [6, 6.07) is 11.9. The van der Waals surface area contributed by atoms with Gasteiger partial charge in [0.25, 0.3) is 10.1 Å². The van der Waals surface area contributed by atoms with Crippen LogP contribution in [0.5, 0.6) is 0 Å². The Hall–Kier alpha value is -0.850. The van der Waals surface area contributed by atoms with Gasteiger partial charge in [0.15, 0.2) is 5.58 Å². The van der Waals surface area contributed by atoms with E-state index in [2.05, 4.69) is 0 Å². The molecule has 1 heterocycles. The number of para-hydroxylation sites is 2. The third kappa shape index (κ3) is 2.08. The van der Waals surface area contributed by atoms with E-state index in [0.29, 0.717) is 11.0 Å². The Balaban J connectivity index is 0.00000120. The molecule has 1 aromatic heterocycles. The van der Waals surface area contributed by atoms with Crippen LogP contribution in [-0.2, 0) is 10.1 Å². The number of hydrogen-bond donors (Lipinski definition) is 1. The Kier molecular flexibility index (Phi) is 3.53. The van der Waals surface area contributed by atoms with E-state index in [9.17, 15) is 8.42 Å². The van der Waals surface area contributed by atoms with Crippen LogP contribution < -0.4 is 0 Å². The summed E-state index contributed by atoms with van der Waals surface area (Å²) in [5.74, 6) is 0. The number of furan rings is 1. The van der Waals surface area contributed by atoms with Crippen molar-refractivity contribution in [3.8, 4) is 0 Å². The maximum absolute atomic E-state index is 11.2. The van der Waals surface area contributed by atoms with Crippen LogP contribution in [-0.4, -0.2) is 42.5 Å². The number of fused-ring (bicyclic) bond motifs is 3. The van der Waals surface area contributed by atoms with E-state index in [0.717, 1.165) is 5.39 Å². The van der Waals surface area contributed by atoms with E-state index in [4.69, 9.17) is 8.97 Å². The molecular formula is C12H8NaO4S. The molecule has 0 fully saturated rings. The minimum atomic E-state index is -4.27. The molecule has 0 unspecified atom stereocenters. The Labute approximate surface area is 126 Å². The van der Waals surface area contributed by atoms with Crippen LogP contribution >= 0.6 is 0 Å². The van der Waals surface area contributed by atoms with Crippen molar-refractivity contribution in [2.45, 2.75) is 4.90 Å². The molecule has 1 N–H and O–H groups in total. The second-order valence-electron chi connectivity index (χ2n) is 3.71. The fraction of sp³-hybridized carbons (Fsp3) is 0. The first-order valence-electron chi connectivity index (χ1n) is 4.95. The van der Waals surface area contributed by atoms with Crippen molar-refractivity contribution in [2.75, 3.05) is 0 Å². The summed E-state index contributed by atoms with van der Waals surface area (Å²) in [6.45, 7) is 0. The zero-order valence-corrected chi connectivity index (χ0v) is 12.4.